The highest BCUT2D eigenvalue weighted by atomic mass is 16.4. The Labute approximate surface area is 108 Å². The fourth-order valence-corrected chi connectivity index (χ4v) is 2.38. The van der Waals surface area contributed by atoms with E-state index in [2.05, 4.69) is 38.2 Å². The first kappa shape index (κ1) is 13.1. The number of carboxylic acids is 1. The highest BCUT2D eigenvalue weighted by Crippen LogP contribution is 2.37. The fraction of sp³-hybridized carbons (Fsp3) is 0.533. The van der Waals surface area contributed by atoms with Crippen LogP contribution in [0.4, 0.5) is 0 Å². The summed E-state index contributed by atoms with van der Waals surface area (Å²) in [5.41, 5.74) is 5.25. The van der Waals surface area contributed by atoms with Gasteiger partial charge in [-0.15, -0.1) is 0 Å². The van der Waals surface area contributed by atoms with Gasteiger partial charge in [-0.25, -0.2) is 0 Å². The zero-order valence-corrected chi connectivity index (χ0v) is 11.3. The molecule has 1 aromatic carbocycles. The summed E-state index contributed by atoms with van der Waals surface area (Å²) in [4.78, 5) is 10.7. The van der Waals surface area contributed by atoms with E-state index in [1.807, 2.05) is 0 Å². The van der Waals surface area contributed by atoms with Gasteiger partial charge < -0.3 is 10.4 Å². The first-order chi connectivity index (χ1) is 8.49. The van der Waals surface area contributed by atoms with Crippen molar-refractivity contribution in [2.75, 3.05) is 6.54 Å². The van der Waals surface area contributed by atoms with Crippen LogP contribution in [0.3, 0.4) is 0 Å². The highest BCUT2D eigenvalue weighted by molar-refractivity contribution is 5.73. The van der Waals surface area contributed by atoms with E-state index in [1.165, 1.54) is 22.3 Å². The monoisotopic (exact) mass is 247 g/mol. The Hall–Kier alpha value is -1.35. The molecule has 1 aliphatic carbocycles. The van der Waals surface area contributed by atoms with Gasteiger partial charge in [-0.1, -0.05) is 12.1 Å². The van der Waals surface area contributed by atoms with Crippen molar-refractivity contribution in [1.29, 1.82) is 0 Å². The standard InChI is InChI=1S/C15H21NO2/c1-9-4-11(3)12(5-10(9)2)7-16-8-13-6-14(13)15(17)18/h4-5,13-14,16H,6-8H2,1-3H3,(H,17,18). The molecule has 1 aliphatic rings. The average Bonchev–Trinajstić information content (AvgIpc) is 3.05. The highest BCUT2D eigenvalue weighted by Gasteiger charge is 2.42. The molecular formula is C15H21NO2. The number of carbonyl (C=O) groups is 1. The van der Waals surface area contributed by atoms with E-state index in [1.54, 1.807) is 0 Å². The lowest BCUT2D eigenvalue weighted by atomic mass is 10.0. The summed E-state index contributed by atoms with van der Waals surface area (Å²) in [5, 5.41) is 12.2. The summed E-state index contributed by atoms with van der Waals surface area (Å²) >= 11 is 0. The average molecular weight is 247 g/mol. The van der Waals surface area contributed by atoms with Crippen molar-refractivity contribution in [2.24, 2.45) is 11.8 Å². The van der Waals surface area contributed by atoms with E-state index in [4.69, 9.17) is 5.11 Å². The van der Waals surface area contributed by atoms with Crippen molar-refractivity contribution < 1.29 is 9.90 Å². The van der Waals surface area contributed by atoms with E-state index in [0.29, 0.717) is 5.92 Å². The molecule has 0 heterocycles. The van der Waals surface area contributed by atoms with E-state index in [0.717, 1.165) is 19.5 Å². The number of aryl methyl sites for hydroxylation is 3. The molecule has 1 saturated carbocycles. The lowest BCUT2D eigenvalue weighted by Gasteiger charge is -2.10. The predicted molar refractivity (Wildman–Crippen MR) is 71.6 cm³/mol. The largest absolute Gasteiger partial charge is 0.481 e. The van der Waals surface area contributed by atoms with Crippen molar-refractivity contribution in [3.05, 3.63) is 34.4 Å². The normalized spacial score (nSPS) is 21.9. The van der Waals surface area contributed by atoms with Gasteiger partial charge in [-0.2, -0.15) is 0 Å². The first-order valence-electron chi connectivity index (χ1n) is 6.49. The van der Waals surface area contributed by atoms with Gasteiger partial charge in [-0.05, 0) is 61.9 Å². The second-order valence-corrected chi connectivity index (χ2v) is 5.43. The zero-order chi connectivity index (χ0) is 13.3. The SMILES string of the molecule is Cc1cc(C)c(CNCC2CC2C(=O)O)cc1C. The Balaban J connectivity index is 1.84. The summed E-state index contributed by atoms with van der Waals surface area (Å²) in [6, 6.07) is 4.43. The maximum atomic E-state index is 10.7. The molecule has 0 amide bonds. The minimum atomic E-state index is -0.649. The quantitative estimate of drug-likeness (QED) is 0.840. The molecule has 98 valence electrons. The summed E-state index contributed by atoms with van der Waals surface area (Å²) in [6.07, 6.45) is 0.828. The van der Waals surface area contributed by atoms with Gasteiger partial charge in [0, 0.05) is 6.54 Å². The van der Waals surface area contributed by atoms with Crippen molar-refractivity contribution >= 4 is 5.97 Å². The van der Waals surface area contributed by atoms with E-state index in [-0.39, 0.29) is 5.92 Å². The van der Waals surface area contributed by atoms with Gasteiger partial charge in [0.25, 0.3) is 0 Å². The molecule has 18 heavy (non-hydrogen) atoms. The number of hydrogen-bond acceptors (Lipinski definition) is 2. The number of aliphatic carboxylic acids is 1. The third-order valence-electron chi connectivity index (χ3n) is 3.91. The van der Waals surface area contributed by atoms with Crippen LogP contribution in [-0.4, -0.2) is 17.6 Å². The second kappa shape index (κ2) is 5.11. The topological polar surface area (TPSA) is 49.3 Å². The Morgan fingerprint density at radius 1 is 1.28 bits per heavy atom. The van der Waals surface area contributed by atoms with Crippen LogP contribution in [0.2, 0.25) is 0 Å². The third kappa shape index (κ3) is 2.91. The predicted octanol–water partition coefficient (Wildman–Crippen LogP) is 2.42. The summed E-state index contributed by atoms with van der Waals surface area (Å²) < 4.78 is 0. The van der Waals surface area contributed by atoms with E-state index < -0.39 is 5.97 Å². The van der Waals surface area contributed by atoms with Crippen LogP contribution in [0.1, 0.15) is 28.7 Å². The van der Waals surface area contributed by atoms with E-state index in [9.17, 15) is 4.79 Å². The molecule has 3 heteroatoms. The third-order valence-corrected chi connectivity index (χ3v) is 3.91. The molecule has 1 aromatic rings. The van der Waals surface area contributed by atoms with Crippen LogP contribution in [0.5, 0.6) is 0 Å². The molecule has 0 aromatic heterocycles. The Bertz CT molecular complexity index is 468. The number of benzene rings is 1. The maximum Gasteiger partial charge on any atom is 0.306 e. The molecule has 0 radical (unpaired) electrons. The minimum Gasteiger partial charge on any atom is -0.481 e. The number of hydrogen-bond donors (Lipinski definition) is 2. The molecule has 1 fully saturated rings. The summed E-state index contributed by atoms with van der Waals surface area (Å²) in [6.45, 7) is 8.01. The summed E-state index contributed by atoms with van der Waals surface area (Å²) in [7, 11) is 0. The first-order valence-corrected chi connectivity index (χ1v) is 6.49. The maximum absolute atomic E-state index is 10.7. The lowest BCUT2D eigenvalue weighted by Crippen LogP contribution is -2.18. The van der Waals surface area contributed by atoms with Crippen LogP contribution in [-0.2, 0) is 11.3 Å². The number of rotatable bonds is 5. The minimum absolute atomic E-state index is 0.113. The van der Waals surface area contributed by atoms with Crippen LogP contribution in [0.25, 0.3) is 0 Å². The van der Waals surface area contributed by atoms with Gasteiger partial charge in [0.15, 0.2) is 0 Å². The smallest absolute Gasteiger partial charge is 0.306 e. The lowest BCUT2D eigenvalue weighted by molar-refractivity contribution is -0.138. The van der Waals surface area contributed by atoms with Gasteiger partial charge in [0.1, 0.15) is 0 Å². The molecule has 0 aliphatic heterocycles. The molecule has 0 bridgehead atoms. The second-order valence-electron chi connectivity index (χ2n) is 5.43. The Morgan fingerprint density at radius 2 is 1.94 bits per heavy atom. The molecule has 3 nitrogen and oxygen atoms in total. The van der Waals surface area contributed by atoms with Gasteiger partial charge in [-0.3, -0.25) is 4.79 Å². The number of carboxylic acid groups (broad SMARTS) is 1. The van der Waals surface area contributed by atoms with Gasteiger partial charge in [0.05, 0.1) is 5.92 Å². The van der Waals surface area contributed by atoms with Crippen LogP contribution in [0.15, 0.2) is 12.1 Å². The van der Waals surface area contributed by atoms with E-state index >= 15 is 0 Å². The summed E-state index contributed by atoms with van der Waals surface area (Å²) in [5.74, 6) is -0.433. The van der Waals surface area contributed by atoms with Crippen molar-refractivity contribution in [3.8, 4) is 0 Å². The van der Waals surface area contributed by atoms with Crippen LogP contribution >= 0.6 is 0 Å². The van der Waals surface area contributed by atoms with Crippen molar-refractivity contribution in [3.63, 3.8) is 0 Å². The Morgan fingerprint density at radius 3 is 2.56 bits per heavy atom. The van der Waals surface area contributed by atoms with Gasteiger partial charge in [0.2, 0.25) is 0 Å². The molecular weight excluding hydrogens is 226 g/mol. The Kier molecular flexibility index (Phi) is 3.71. The molecule has 2 N–H and O–H groups in total. The number of nitrogens with one attached hydrogen (secondary N) is 1. The van der Waals surface area contributed by atoms with Gasteiger partial charge >= 0.3 is 5.97 Å². The fourth-order valence-electron chi connectivity index (χ4n) is 2.38. The molecule has 0 spiro atoms. The van der Waals surface area contributed by atoms with Crippen molar-refractivity contribution in [2.45, 2.75) is 33.7 Å². The molecule has 0 saturated heterocycles. The zero-order valence-electron chi connectivity index (χ0n) is 11.3. The molecule has 2 rings (SSSR count). The van der Waals surface area contributed by atoms with Crippen LogP contribution < -0.4 is 5.32 Å². The van der Waals surface area contributed by atoms with Crippen LogP contribution in [0, 0.1) is 32.6 Å². The molecule has 2 atom stereocenters. The van der Waals surface area contributed by atoms with Crippen molar-refractivity contribution in [1.82, 2.24) is 5.32 Å². The molecule has 2 unspecified atom stereocenters.